The third-order valence-corrected chi connectivity index (χ3v) is 7.03. The van der Waals surface area contributed by atoms with Crippen molar-refractivity contribution in [2.45, 2.75) is 12.8 Å². The molecule has 0 saturated heterocycles. The monoisotopic (exact) mass is 482 g/mol. The number of hydrogen-bond acceptors (Lipinski definition) is 4. The Hall–Kier alpha value is -4.06. The van der Waals surface area contributed by atoms with Gasteiger partial charge in [-0.15, -0.1) is 0 Å². The summed E-state index contributed by atoms with van der Waals surface area (Å²) >= 11 is 0. The highest BCUT2D eigenvalue weighted by Gasteiger charge is 2.28. The van der Waals surface area contributed by atoms with Gasteiger partial charge in [0.15, 0.2) is 0 Å². The molecule has 36 heavy (non-hydrogen) atoms. The molecule has 0 atom stereocenters. The third-order valence-electron chi connectivity index (χ3n) is 7.03. The molecule has 0 unspecified atom stereocenters. The van der Waals surface area contributed by atoms with Gasteiger partial charge in [0.05, 0.1) is 36.1 Å². The summed E-state index contributed by atoms with van der Waals surface area (Å²) in [4.78, 5) is 9.29. The number of halogens is 2. The van der Waals surface area contributed by atoms with E-state index in [4.69, 9.17) is 0 Å². The van der Waals surface area contributed by atoms with Crippen LogP contribution in [0.25, 0.3) is 0 Å². The first-order chi connectivity index (χ1) is 17.7. The van der Waals surface area contributed by atoms with Crippen molar-refractivity contribution in [3.8, 4) is 0 Å². The summed E-state index contributed by atoms with van der Waals surface area (Å²) in [6.45, 7) is 3.42. The molecule has 2 aliphatic heterocycles. The van der Waals surface area contributed by atoms with Crippen molar-refractivity contribution in [2.24, 2.45) is 0 Å². The normalized spacial score (nSPS) is 14.4. The topological polar surface area (TPSA) is 13.0 Å². The first kappa shape index (κ1) is 22.4. The lowest BCUT2D eigenvalue weighted by molar-refractivity contribution is 0.627. The standard InChI is InChI=1S/C30H28F2N4/c31-23-11-15-25(16-12-23)35-21-33(27-7-1-3-9-29(27)35)19-5-6-20-34-22-36(26-17-13-24(32)14-18-26)30-10-4-2-8-28(30)34/h1-4,7-18H,5-6,19-22H2. The molecule has 0 aromatic heterocycles. The highest BCUT2D eigenvalue weighted by atomic mass is 19.1. The van der Waals surface area contributed by atoms with Crippen molar-refractivity contribution in [2.75, 3.05) is 46.0 Å². The van der Waals surface area contributed by atoms with E-state index in [0.29, 0.717) is 0 Å². The molecule has 0 aliphatic carbocycles. The van der Waals surface area contributed by atoms with E-state index in [9.17, 15) is 8.78 Å². The SMILES string of the molecule is Fc1ccc(N2CN(CCCCN3CN(c4ccc(F)cc4)c4ccccc43)c3ccccc32)cc1. The van der Waals surface area contributed by atoms with E-state index in [1.165, 1.54) is 35.6 Å². The number of nitrogens with zero attached hydrogens (tertiary/aromatic N) is 4. The predicted molar refractivity (Wildman–Crippen MR) is 144 cm³/mol. The Kier molecular flexibility index (Phi) is 5.93. The van der Waals surface area contributed by atoms with Crippen LogP contribution < -0.4 is 19.6 Å². The maximum absolute atomic E-state index is 13.5. The van der Waals surface area contributed by atoms with Crippen LogP contribution in [0.1, 0.15) is 12.8 Å². The summed E-state index contributed by atoms with van der Waals surface area (Å²) < 4.78 is 26.9. The number of fused-ring (bicyclic) bond motifs is 2. The molecule has 4 aromatic rings. The van der Waals surface area contributed by atoms with E-state index in [-0.39, 0.29) is 11.6 Å². The van der Waals surface area contributed by atoms with E-state index >= 15 is 0 Å². The van der Waals surface area contributed by atoms with E-state index in [0.717, 1.165) is 62.0 Å². The maximum Gasteiger partial charge on any atom is 0.123 e. The van der Waals surface area contributed by atoms with Crippen molar-refractivity contribution in [3.63, 3.8) is 0 Å². The van der Waals surface area contributed by atoms with Crippen molar-refractivity contribution in [1.82, 2.24) is 0 Å². The largest absolute Gasteiger partial charge is 0.352 e. The Balaban J connectivity index is 1.10. The Morgan fingerprint density at radius 3 is 1.22 bits per heavy atom. The van der Waals surface area contributed by atoms with Crippen LogP contribution in [0, 0.1) is 11.6 Å². The van der Waals surface area contributed by atoms with Gasteiger partial charge >= 0.3 is 0 Å². The third kappa shape index (κ3) is 4.24. The van der Waals surface area contributed by atoms with Gasteiger partial charge in [-0.2, -0.15) is 0 Å². The zero-order valence-electron chi connectivity index (χ0n) is 20.0. The predicted octanol–water partition coefficient (Wildman–Crippen LogP) is 7.28. The second kappa shape index (κ2) is 9.53. The molecule has 182 valence electrons. The zero-order valence-corrected chi connectivity index (χ0v) is 20.0. The second-order valence-electron chi connectivity index (χ2n) is 9.30. The van der Waals surface area contributed by atoms with Crippen LogP contribution >= 0.6 is 0 Å². The summed E-state index contributed by atoms with van der Waals surface area (Å²) in [5, 5.41) is 0. The van der Waals surface area contributed by atoms with Gasteiger partial charge in [-0.1, -0.05) is 24.3 Å². The fraction of sp³-hybridized carbons (Fsp3) is 0.200. The fourth-order valence-corrected chi connectivity index (χ4v) is 5.24. The van der Waals surface area contributed by atoms with E-state index in [1.54, 1.807) is 0 Å². The highest BCUT2D eigenvalue weighted by molar-refractivity contribution is 5.83. The Bertz CT molecular complexity index is 1230. The number of anilines is 6. The Morgan fingerprint density at radius 1 is 0.472 bits per heavy atom. The minimum atomic E-state index is -0.218. The lowest BCUT2D eigenvalue weighted by Gasteiger charge is -2.24. The van der Waals surface area contributed by atoms with E-state index < -0.39 is 0 Å². The highest BCUT2D eigenvalue weighted by Crippen LogP contribution is 2.42. The number of rotatable bonds is 7. The van der Waals surface area contributed by atoms with E-state index in [2.05, 4.69) is 68.1 Å². The second-order valence-corrected chi connectivity index (χ2v) is 9.30. The van der Waals surface area contributed by atoms with Gasteiger partial charge in [0.2, 0.25) is 0 Å². The quantitative estimate of drug-likeness (QED) is 0.257. The molecule has 6 heteroatoms. The number of benzene rings is 4. The number of hydrogen-bond donors (Lipinski definition) is 0. The van der Waals surface area contributed by atoms with Crippen LogP contribution in [0.4, 0.5) is 42.9 Å². The molecule has 0 fully saturated rings. The molecule has 2 aliphatic rings. The molecule has 0 N–H and O–H groups in total. The molecule has 4 nitrogen and oxygen atoms in total. The molecule has 6 rings (SSSR count). The lowest BCUT2D eigenvalue weighted by atomic mass is 10.2. The van der Waals surface area contributed by atoms with Gasteiger partial charge < -0.3 is 19.6 Å². The molecule has 0 saturated carbocycles. The first-order valence-electron chi connectivity index (χ1n) is 12.4. The minimum Gasteiger partial charge on any atom is -0.352 e. The molecule has 4 aromatic carbocycles. The fourth-order valence-electron chi connectivity index (χ4n) is 5.24. The van der Waals surface area contributed by atoms with Gasteiger partial charge in [-0.3, -0.25) is 0 Å². The summed E-state index contributed by atoms with van der Waals surface area (Å²) in [5.74, 6) is -0.436. The summed E-state index contributed by atoms with van der Waals surface area (Å²) in [7, 11) is 0. The van der Waals surface area contributed by atoms with Gasteiger partial charge in [0.25, 0.3) is 0 Å². The maximum atomic E-state index is 13.5. The average molecular weight is 483 g/mol. The van der Waals surface area contributed by atoms with Crippen LogP contribution in [-0.2, 0) is 0 Å². The van der Waals surface area contributed by atoms with Crippen molar-refractivity contribution in [1.29, 1.82) is 0 Å². The van der Waals surface area contributed by atoms with Gasteiger partial charge in [-0.05, 0) is 85.6 Å². The van der Waals surface area contributed by atoms with Crippen molar-refractivity contribution < 1.29 is 8.78 Å². The molecular weight excluding hydrogens is 454 g/mol. The van der Waals surface area contributed by atoms with Crippen LogP contribution in [0.3, 0.4) is 0 Å². The van der Waals surface area contributed by atoms with Gasteiger partial charge in [0, 0.05) is 24.5 Å². The van der Waals surface area contributed by atoms with E-state index in [1.807, 2.05) is 24.3 Å². The zero-order chi connectivity index (χ0) is 24.5. The smallest absolute Gasteiger partial charge is 0.123 e. The van der Waals surface area contributed by atoms with Crippen molar-refractivity contribution >= 4 is 34.1 Å². The Labute approximate surface area is 210 Å². The summed E-state index contributed by atoms with van der Waals surface area (Å²) in [5.41, 5.74) is 6.76. The van der Waals surface area contributed by atoms with Crippen LogP contribution in [0.15, 0.2) is 97.1 Å². The van der Waals surface area contributed by atoms with Crippen LogP contribution in [0.5, 0.6) is 0 Å². The molecule has 0 amide bonds. The molecule has 0 radical (unpaired) electrons. The minimum absolute atomic E-state index is 0.218. The van der Waals surface area contributed by atoms with Gasteiger partial charge in [-0.25, -0.2) is 8.78 Å². The lowest BCUT2D eigenvalue weighted by Crippen LogP contribution is -2.31. The van der Waals surface area contributed by atoms with Crippen LogP contribution in [-0.4, -0.2) is 26.4 Å². The molecule has 0 spiro atoms. The number of unbranched alkanes of at least 4 members (excludes halogenated alkanes) is 1. The Morgan fingerprint density at radius 2 is 0.833 bits per heavy atom. The van der Waals surface area contributed by atoms with Gasteiger partial charge in [0.1, 0.15) is 11.6 Å². The summed E-state index contributed by atoms with van der Waals surface area (Å²) in [6.07, 6.45) is 2.11. The van der Waals surface area contributed by atoms with Crippen LogP contribution in [0.2, 0.25) is 0 Å². The number of para-hydroxylation sites is 4. The molecule has 0 bridgehead atoms. The first-order valence-corrected chi connectivity index (χ1v) is 12.4. The molecular formula is C30H28F2N4. The molecule has 2 heterocycles. The summed E-state index contributed by atoms with van der Waals surface area (Å²) in [6, 6.07) is 30.3. The average Bonchev–Trinajstić information content (AvgIpc) is 3.47. The van der Waals surface area contributed by atoms with Crippen molar-refractivity contribution in [3.05, 3.63) is 109 Å².